The third-order valence-corrected chi connectivity index (χ3v) is 2.39. The first-order valence-corrected chi connectivity index (χ1v) is 4.94. The summed E-state index contributed by atoms with van der Waals surface area (Å²) < 4.78 is 13.0. The number of rotatable bonds is 4. The van der Waals surface area contributed by atoms with Crippen molar-refractivity contribution in [3.8, 4) is 6.07 Å². The van der Waals surface area contributed by atoms with Gasteiger partial charge in [-0.05, 0) is 38.2 Å². The van der Waals surface area contributed by atoms with E-state index in [4.69, 9.17) is 5.26 Å². The van der Waals surface area contributed by atoms with E-state index in [1.54, 1.807) is 6.07 Å². The van der Waals surface area contributed by atoms with Gasteiger partial charge in [-0.1, -0.05) is 12.1 Å². The first-order valence-electron chi connectivity index (χ1n) is 4.94. The second-order valence-corrected chi connectivity index (χ2v) is 3.73. The minimum Gasteiger partial charge on any atom is -0.302 e. The molecule has 0 aliphatic rings. The third-order valence-electron chi connectivity index (χ3n) is 2.39. The van der Waals surface area contributed by atoms with Gasteiger partial charge in [0.15, 0.2) is 0 Å². The quantitative estimate of drug-likeness (QED) is 0.757. The highest BCUT2D eigenvalue weighted by Gasteiger charge is 2.13. The molecule has 1 atom stereocenters. The topological polar surface area (TPSA) is 27.0 Å². The van der Waals surface area contributed by atoms with E-state index < -0.39 is 0 Å². The van der Waals surface area contributed by atoms with Crippen LogP contribution in [0.5, 0.6) is 0 Å². The number of halogens is 1. The Labute approximate surface area is 89.9 Å². The van der Waals surface area contributed by atoms with Gasteiger partial charge in [0.05, 0.1) is 6.07 Å². The summed E-state index contributed by atoms with van der Waals surface area (Å²) in [6.07, 6.45) is 1.21. The zero-order chi connectivity index (χ0) is 11.3. The first-order chi connectivity index (χ1) is 7.15. The van der Waals surface area contributed by atoms with E-state index in [0.29, 0.717) is 6.42 Å². The molecule has 2 nitrogen and oxygen atoms in total. The smallest absolute Gasteiger partial charge is 0.123 e. The molecule has 0 aliphatic heterocycles. The van der Waals surface area contributed by atoms with Crippen LogP contribution in [0.25, 0.3) is 0 Å². The number of nitriles is 1. The summed E-state index contributed by atoms with van der Waals surface area (Å²) in [6, 6.07) is 8.79. The van der Waals surface area contributed by atoms with E-state index in [1.165, 1.54) is 12.1 Å². The van der Waals surface area contributed by atoms with Gasteiger partial charge in [0.1, 0.15) is 5.82 Å². The maximum atomic E-state index is 13.0. The maximum Gasteiger partial charge on any atom is 0.123 e. The molecule has 0 heterocycles. The van der Waals surface area contributed by atoms with Gasteiger partial charge < -0.3 is 4.90 Å². The van der Waals surface area contributed by atoms with E-state index in [2.05, 4.69) is 6.07 Å². The number of hydrogen-bond acceptors (Lipinski definition) is 2. The average molecular weight is 206 g/mol. The van der Waals surface area contributed by atoms with Crippen LogP contribution in [0.2, 0.25) is 0 Å². The summed E-state index contributed by atoms with van der Waals surface area (Å²) >= 11 is 0. The Balaban J connectivity index is 2.84. The second kappa shape index (κ2) is 5.47. The summed E-state index contributed by atoms with van der Waals surface area (Å²) in [4.78, 5) is 2.01. The summed E-state index contributed by atoms with van der Waals surface area (Å²) in [5.74, 6) is -0.226. The molecule has 0 saturated carbocycles. The molecule has 0 radical (unpaired) electrons. The lowest BCUT2D eigenvalue weighted by Crippen LogP contribution is -2.19. The monoisotopic (exact) mass is 206 g/mol. The standard InChI is InChI=1S/C12H15FN2/c1-15(2)12(7-4-8-14)10-5-3-6-11(13)9-10/h3,5-6,9,12H,4,7H2,1-2H3. The van der Waals surface area contributed by atoms with Crippen LogP contribution in [0.4, 0.5) is 4.39 Å². The fourth-order valence-corrected chi connectivity index (χ4v) is 1.64. The average Bonchev–Trinajstić information content (AvgIpc) is 2.18. The van der Waals surface area contributed by atoms with Gasteiger partial charge in [-0.2, -0.15) is 5.26 Å². The van der Waals surface area contributed by atoms with Crippen LogP contribution in [0, 0.1) is 17.1 Å². The summed E-state index contributed by atoms with van der Waals surface area (Å²) in [5, 5.41) is 8.56. The molecule has 1 aromatic carbocycles. The third kappa shape index (κ3) is 3.34. The number of benzene rings is 1. The fourth-order valence-electron chi connectivity index (χ4n) is 1.64. The number of nitrogens with zero attached hydrogens (tertiary/aromatic N) is 2. The predicted molar refractivity (Wildman–Crippen MR) is 57.7 cm³/mol. The van der Waals surface area contributed by atoms with Gasteiger partial charge in [-0.15, -0.1) is 0 Å². The molecule has 15 heavy (non-hydrogen) atoms. The maximum absolute atomic E-state index is 13.0. The molecule has 0 fully saturated rings. The van der Waals surface area contributed by atoms with Crippen LogP contribution in [0.3, 0.4) is 0 Å². The molecule has 0 bridgehead atoms. The Hall–Kier alpha value is -1.40. The van der Waals surface area contributed by atoms with Crippen molar-refractivity contribution < 1.29 is 4.39 Å². The highest BCUT2D eigenvalue weighted by Crippen LogP contribution is 2.23. The van der Waals surface area contributed by atoms with E-state index in [9.17, 15) is 4.39 Å². The molecule has 3 heteroatoms. The Morgan fingerprint density at radius 1 is 1.47 bits per heavy atom. The molecule has 0 N–H and O–H groups in total. The lowest BCUT2D eigenvalue weighted by Gasteiger charge is -2.23. The molecule has 0 saturated heterocycles. The molecule has 0 spiro atoms. The molecule has 1 unspecified atom stereocenters. The highest BCUT2D eigenvalue weighted by atomic mass is 19.1. The van der Waals surface area contributed by atoms with Gasteiger partial charge >= 0.3 is 0 Å². The molecule has 0 aromatic heterocycles. The van der Waals surface area contributed by atoms with Crippen LogP contribution < -0.4 is 0 Å². The first kappa shape index (κ1) is 11.7. The Bertz CT molecular complexity index is 355. The summed E-state index contributed by atoms with van der Waals surface area (Å²) in [6.45, 7) is 0. The molecule has 1 aromatic rings. The molecular weight excluding hydrogens is 191 g/mol. The SMILES string of the molecule is CN(C)C(CCC#N)c1cccc(F)c1. The normalized spacial score (nSPS) is 12.5. The van der Waals surface area contributed by atoms with Crippen LogP contribution >= 0.6 is 0 Å². The molecule has 80 valence electrons. The largest absolute Gasteiger partial charge is 0.302 e. The molecule has 0 aliphatic carbocycles. The van der Waals surface area contributed by atoms with Gasteiger partial charge in [0, 0.05) is 12.5 Å². The van der Waals surface area contributed by atoms with Crippen LogP contribution in [0.1, 0.15) is 24.4 Å². The van der Waals surface area contributed by atoms with E-state index in [1.807, 2.05) is 25.1 Å². The van der Waals surface area contributed by atoms with Crippen molar-refractivity contribution in [2.45, 2.75) is 18.9 Å². The predicted octanol–water partition coefficient (Wildman–Crippen LogP) is 2.73. The number of hydrogen-bond donors (Lipinski definition) is 0. The zero-order valence-corrected chi connectivity index (χ0v) is 9.07. The second-order valence-electron chi connectivity index (χ2n) is 3.73. The minimum atomic E-state index is -0.226. The van der Waals surface area contributed by atoms with Gasteiger partial charge in [-0.3, -0.25) is 0 Å². The van der Waals surface area contributed by atoms with Crippen molar-refractivity contribution in [2.75, 3.05) is 14.1 Å². The van der Waals surface area contributed by atoms with Crippen molar-refractivity contribution >= 4 is 0 Å². The summed E-state index contributed by atoms with van der Waals surface area (Å²) in [5.41, 5.74) is 0.926. The van der Waals surface area contributed by atoms with Gasteiger partial charge in [0.25, 0.3) is 0 Å². The van der Waals surface area contributed by atoms with Gasteiger partial charge in [-0.25, -0.2) is 4.39 Å². The van der Waals surface area contributed by atoms with Crippen molar-refractivity contribution in [1.82, 2.24) is 4.90 Å². The Morgan fingerprint density at radius 2 is 2.20 bits per heavy atom. The van der Waals surface area contributed by atoms with Crippen LogP contribution in [0.15, 0.2) is 24.3 Å². The molecule has 0 amide bonds. The molecule has 1 rings (SSSR count). The fraction of sp³-hybridized carbons (Fsp3) is 0.417. The van der Waals surface area contributed by atoms with E-state index in [0.717, 1.165) is 12.0 Å². The van der Waals surface area contributed by atoms with Crippen molar-refractivity contribution in [1.29, 1.82) is 5.26 Å². The van der Waals surface area contributed by atoms with Crippen LogP contribution in [-0.4, -0.2) is 19.0 Å². The van der Waals surface area contributed by atoms with Crippen LogP contribution in [-0.2, 0) is 0 Å². The van der Waals surface area contributed by atoms with E-state index in [-0.39, 0.29) is 11.9 Å². The van der Waals surface area contributed by atoms with Crippen molar-refractivity contribution in [3.63, 3.8) is 0 Å². The van der Waals surface area contributed by atoms with Crippen molar-refractivity contribution in [2.24, 2.45) is 0 Å². The Kier molecular flexibility index (Phi) is 4.26. The summed E-state index contributed by atoms with van der Waals surface area (Å²) in [7, 11) is 3.87. The molecular formula is C12H15FN2. The Morgan fingerprint density at radius 3 is 2.73 bits per heavy atom. The van der Waals surface area contributed by atoms with Gasteiger partial charge in [0.2, 0.25) is 0 Å². The van der Waals surface area contributed by atoms with E-state index >= 15 is 0 Å². The highest BCUT2D eigenvalue weighted by molar-refractivity contribution is 5.20. The lowest BCUT2D eigenvalue weighted by molar-refractivity contribution is 0.285. The lowest BCUT2D eigenvalue weighted by atomic mass is 10.0. The minimum absolute atomic E-state index is 0.111. The van der Waals surface area contributed by atoms with Crippen molar-refractivity contribution in [3.05, 3.63) is 35.6 Å². The zero-order valence-electron chi connectivity index (χ0n) is 9.07.